The number of aromatic hydroxyl groups is 1. The van der Waals surface area contributed by atoms with Crippen LogP contribution in [0.25, 0.3) is 0 Å². The van der Waals surface area contributed by atoms with Crippen LogP contribution in [0.2, 0.25) is 0 Å². The highest BCUT2D eigenvalue weighted by molar-refractivity contribution is 5.94. The molecule has 1 amide bonds. The Bertz CT molecular complexity index is 760. The molecule has 0 spiro atoms. The van der Waals surface area contributed by atoms with E-state index in [2.05, 4.69) is 0 Å². The van der Waals surface area contributed by atoms with Gasteiger partial charge in [-0.2, -0.15) is 0 Å². The summed E-state index contributed by atoms with van der Waals surface area (Å²) >= 11 is 0. The Hall–Kier alpha value is -2.47. The Labute approximate surface area is 144 Å². The Morgan fingerprint density at radius 3 is 2.72 bits per heavy atom. The van der Waals surface area contributed by atoms with Crippen molar-refractivity contribution < 1.29 is 23.4 Å². The van der Waals surface area contributed by atoms with E-state index < -0.39 is 17.5 Å². The van der Waals surface area contributed by atoms with E-state index in [4.69, 9.17) is 4.74 Å². The molecule has 1 fully saturated rings. The van der Waals surface area contributed by atoms with Gasteiger partial charge >= 0.3 is 0 Å². The number of hydrogen-bond acceptors (Lipinski definition) is 3. The van der Waals surface area contributed by atoms with Gasteiger partial charge in [0.25, 0.3) is 5.91 Å². The van der Waals surface area contributed by atoms with Gasteiger partial charge in [0, 0.05) is 31.3 Å². The molecule has 6 heteroatoms. The lowest BCUT2D eigenvalue weighted by Crippen LogP contribution is -2.37. The number of rotatable bonds is 5. The Morgan fingerprint density at radius 1 is 1.24 bits per heavy atom. The molecule has 2 aromatic carbocycles. The summed E-state index contributed by atoms with van der Waals surface area (Å²) in [5.41, 5.74) is 0.353. The normalized spacial score (nSPS) is 16.8. The van der Waals surface area contributed by atoms with Crippen molar-refractivity contribution in [3.05, 3.63) is 65.2 Å². The van der Waals surface area contributed by atoms with Gasteiger partial charge < -0.3 is 14.7 Å². The Morgan fingerprint density at radius 2 is 2.04 bits per heavy atom. The third-order valence-electron chi connectivity index (χ3n) is 4.25. The maximum atomic E-state index is 14.0. The highest BCUT2D eigenvalue weighted by Gasteiger charge is 2.26. The molecule has 0 aliphatic carbocycles. The fourth-order valence-corrected chi connectivity index (χ4v) is 2.94. The molecule has 1 aliphatic heterocycles. The second kappa shape index (κ2) is 7.61. The van der Waals surface area contributed by atoms with Crippen LogP contribution in [0.1, 0.15) is 28.8 Å². The SMILES string of the molecule is O=C(c1ccc(F)cc1F)N(Cc1ccccc1O)CC1CCCO1. The van der Waals surface area contributed by atoms with Crippen molar-refractivity contribution in [2.24, 2.45) is 0 Å². The predicted molar refractivity (Wildman–Crippen MR) is 88.2 cm³/mol. The molecule has 1 unspecified atom stereocenters. The molecule has 2 aromatic rings. The molecule has 25 heavy (non-hydrogen) atoms. The number of halogens is 2. The lowest BCUT2D eigenvalue weighted by atomic mass is 10.1. The number of nitrogens with zero attached hydrogens (tertiary/aromatic N) is 1. The van der Waals surface area contributed by atoms with Crippen LogP contribution >= 0.6 is 0 Å². The molecule has 1 atom stereocenters. The largest absolute Gasteiger partial charge is 0.508 e. The van der Waals surface area contributed by atoms with Crippen LogP contribution in [0, 0.1) is 11.6 Å². The van der Waals surface area contributed by atoms with E-state index in [1.807, 2.05) is 0 Å². The summed E-state index contributed by atoms with van der Waals surface area (Å²) in [4.78, 5) is 14.2. The minimum atomic E-state index is -0.903. The topological polar surface area (TPSA) is 49.8 Å². The number of phenolic OH excluding ortho intramolecular Hbond substituents is 1. The van der Waals surface area contributed by atoms with Gasteiger partial charge in [0.1, 0.15) is 17.4 Å². The minimum absolute atomic E-state index is 0.0622. The molecule has 0 saturated carbocycles. The molecule has 0 aromatic heterocycles. The first-order valence-electron chi connectivity index (χ1n) is 8.17. The first kappa shape index (κ1) is 17.4. The third-order valence-corrected chi connectivity index (χ3v) is 4.25. The third kappa shape index (κ3) is 4.14. The maximum absolute atomic E-state index is 14.0. The van der Waals surface area contributed by atoms with Gasteiger partial charge in [-0.25, -0.2) is 8.78 Å². The van der Waals surface area contributed by atoms with E-state index in [0.717, 1.165) is 25.0 Å². The highest BCUT2D eigenvalue weighted by Crippen LogP contribution is 2.22. The second-order valence-electron chi connectivity index (χ2n) is 6.07. The van der Waals surface area contributed by atoms with E-state index in [0.29, 0.717) is 18.2 Å². The van der Waals surface area contributed by atoms with Crippen molar-refractivity contribution in [3.8, 4) is 5.75 Å². The van der Waals surface area contributed by atoms with Crippen LogP contribution in [0.3, 0.4) is 0 Å². The highest BCUT2D eigenvalue weighted by atomic mass is 19.1. The van der Waals surface area contributed by atoms with Crippen LogP contribution in [-0.4, -0.2) is 35.2 Å². The number of carbonyl (C=O) groups is 1. The van der Waals surface area contributed by atoms with Crippen molar-refractivity contribution in [3.63, 3.8) is 0 Å². The van der Waals surface area contributed by atoms with Gasteiger partial charge in [0.15, 0.2) is 0 Å². The van der Waals surface area contributed by atoms with E-state index >= 15 is 0 Å². The molecule has 3 rings (SSSR count). The second-order valence-corrected chi connectivity index (χ2v) is 6.07. The molecule has 1 heterocycles. The van der Waals surface area contributed by atoms with Gasteiger partial charge in [-0.3, -0.25) is 4.79 Å². The fourth-order valence-electron chi connectivity index (χ4n) is 2.94. The Balaban J connectivity index is 1.86. The Kier molecular flexibility index (Phi) is 5.28. The molecular formula is C19H19F2NO3. The molecule has 1 aliphatic rings. The number of amides is 1. The van der Waals surface area contributed by atoms with E-state index in [1.165, 1.54) is 11.0 Å². The smallest absolute Gasteiger partial charge is 0.257 e. The molecule has 0 bridgehead atoms. The van der Waals surface area contributed by atoms with Crippen LogP contribution < -0.4 is 0 Å². The average Bonchev–Trinajstić information content (AvgIpc) is 3.09. The van der Waals surface area contributed by atoms with Crippen molar-refractivity contribution in [1.29, 1.82) is 0 Å². The molecule has 1 saturated heterocycles. The fraction of sp³-hybridized carbons (Fsp3) is 0.316. The summed E-state index contributed by atoms with van der Waals surface area (Å²) in [5.74, 6) is -2.14. The number of ether oxygens (including phenoxy) is 1. The number of benzene rings is 2. The number of hydrogen-bond donors (Lipinski definition) is 1. The summed E-state index contributed by atoms with van der Waals surface area (Å²) in [6.45, 7) is 1.03. The van der Waals surface area contributed by atoms with Crippen molar-refractivity contribution in [2.45, 2.75) is 25.5 Å². The average molecular weight is 347 g/mol. The molecule has 132 valence electrons. The van der Waals surface area contributed by atoms with Crippen LogP contribution in [0.4, 0.5) is 8.78 Å². The summed E-state index contributed by atoms with van der Waals surface area (Å²) < 4.78 is 32.7. The molecule has 4 nitrogen and oxygen atoms in total. The van der Waals surface area contributed by atoms with Crippen LogP contribution in [0.5, 0.6) is 5.75 Å². The molecular weight excluding hydrogens is 328 g/mol. The summed E-state index contributed by atoms with van der Waals surface area (Å²) in [6.07, 6.45) is 1.60. The van der Waals surface area contributed by atoms with Crippen molar-refractivity contribution in [2.75, 3.05) is 13.2 Å². The van der Waals surface area contributed by atoms with Crippen molar-refractivity contribution in [1.82, 2.24) is 4.90 Å². The first-order chi connectivity index (χ1) is 12.0. The van der Waals surface area contributed by atoms with Gasteiger partial charge in [-0.1, -0.05) is 18.2 Å². The van der Waals surface area contributed by atoms with Crippen LogP contribution in [0.15, 0.2) is 42.5 Å². The molecule has 0 radical (unpaired) electrons. The number of para-hydroxylation sites is 1. The number of phenols is 1. The van der Waals surface area contributed by atoms with E-state index in [1.54, 1.807) is 18.2 Å². The summed E-state index contributed by atoms with van der Waals surface area (Å²) in [6, 6.07) is 9.56. The van der Waals surface area contributed by atoms with Gasteiger partial charge in [0.2, 0.25) is 0 Å². The van der Waals surface area contributed by atoms with Gasteiger partial charge in [-0.15, -0.1) is 0 Å². The summed E-state index contributed by atoms with van der Waals surface area (Å²) in [7, 11) is 0. The molecule has 1 N–H and O–H groups in total. The van der Waals surface area contributed by atoms with E-state index in [-0.39, 0.29) is 30.5 Å². The zero-order valence-electron chi connectivity index (χ0n) is 13.6. The zero-order valence-corrected chi connectivity index (χ0v) is 13.6. The maximum Gasteiger partial charge on any atom is 0.257 e. The quantitative estimate of drug-likeness (QED) is 0.901. The first-order valence-corrected chi connectivity index (χ1v) is 8.17. The van der Waals surface area contributed by atoms with Gasteiger partial charge in [-0.05, 0) is 31.0 Å². The lowest BCUT2D eigenvalue weighted by Gasteiger charge is -2.26. The summed E-state index contributed by atoms with van der Waals surface area (Å²) in [5, 5.41) is 9.97. The van der Waals surface area contributed by atoms with E-state index in [9.17, 15) is 18.7 Å². The van der Waals surface area contributed by atoms with Crippen LogP contribution in [-0.2, 0) is 11.3 Å². The number of carbonyl (C=O) groups excluding carboxylic acids is 1. The lowest BCUT2D eigenvalue weighted by molar-refractivity contribution is 0.0502. The van der Waals surface area contributed by atoms with Crippen molar-refractivity contribution >= 4 is 5.91 Å². The minimum Gasteiger partial charge on any atom is -0.508 e. The monoisotopic (exact) mass is 347 g/mol. The standard InChI is InChI=1S/C19H19F2NO3/c20-14-7-8-16(17(21)10-14)19(24)22(12-15-5-3-9-25-15)11-13-4-1-2-6-18(13)23/h1-2,4,6-8,10,15,23H,3,5,9,11-12H2. The predicted octanol–water partition coefficient (Wildman–Crippen LogP) is 3.49. The van der Waals surface area contributed by atoms with Gasteiger partial charge in [0.05, 0.1) is 11.7 Å². The zero-order chi connectivity index (χ0) is 17.8.